The van der Waals surface area contributed by atoms with Gasteiger partial charge in [0, 0.05) is 0 Å². The predicted molar refractivity (Wildman–Crippen MR) is 71.9 cm³/mol. The number of epoxide rings is 1. The highest BCUT2D eigenvalue weighted by atomic mass is 16.6. The number of carbonyl (C=O) groups is 1. The normalized spacial score (nSPS) is 26.4. The molecule has 1 saturated heterocycles. The fourth-order valence-electron chi connectivity index (χ4n) is 2.91. The summed E-state index contributed by atoms with van der Waals surface area (Å²) in [6.45, 7) is 4.12. The van der Waals surface area contributed by atoms with Gasteiger partial charge in [-0.1, -0.05) is 23.8 Å². The van der Waals surface area contributed by atoms with Gasteiger partial charge in [0.05, 0.1) is 0 Å². The van der Waals surface area contributed by atoms with Gasteiger partial charge in [-0.3, -0.25) is 0 Å². The smallest absolute Gasteiger partial charge is 0.338 e. The molecule has 1 aromatic rings. The molecule has 2 unspecified atom stereocenters. The van der Waals surface area contributed by atoms with Crippen LogP contribution in [-0.4, -0.2) is 18.2 Å². The molecule has 3 rings (SSSR count). The van der Waals surface area contributed by atoms with E-state index in [-0.39, 0.29) is 24.3 Å². The van der Waals surface area contributed by atoms with Gasteiger partial charge in [-0.15, -0.1) is 0 Å². The molecule has 1 saturated carbocycles. The number of aryl methyl sites for hydroxylation is 2. The number of ether oxygens (including phenoxy) is 2. The van der Waals surface area contributed by atoms with Gasteiger partial charge in [0.2, 0.25) is 0 Å². The lowest BCUT2D eigenvalue weighted by Crippen LogP contribution is -2.19. The molecule has 2 atom stereocenters. The topological polar surface area (TPSA) is 38.8 Å². The van der Waals surface area contributed by atoms with E-state index in [1.54, 1.807) is 0 Å². The van der Waals surface area contributed by atoms with Crippen LogP contribution in [0.5, 0.6) is 0 Å². The van der Waals surface area contributed by atoms with Crippen LogP contribution in [0.1, 0.15) is 48.5 Å². The first-order valence-corrected chi connectivity index (χ1v) is 7.08. The molecule has 1 heterocycles. The summed E-state index contributed by atoms with van der Waals surface area (Å²) in [5.41, 5.74) is 3.52. The van der Waals surface area contributed by atoms with Crippen LogP contribution in [0.2, 0.25) is 0 Å². The number of hydrogen-bond donors (Lipinski definition) is 0. The molecular formula is C16H20O3. The van der Waals surface area contributed by atoms with Crippen LogP contribution >= 0.6 is 0 Å². The Hall–Kier alpha value is -1.35. The summed E-state index contributed by atoms with van der Waals surface area (Å²) in [5.74, 6) is -0.183. The van der Waals surface area contributed by atoms with Gasteiger partial charge in [-0.2, -0.15) is 0 Å². The van der Waals surface area contributed by atoms with Crippen molar-refractivity contribution in [1.82, 2.24) is 0 Å². The molecule has 3 nitrogen and oxygen atoms in total. The van der Waals surface area contributed by atoms with E-state index >= 15 is 0 Å². The molecule has 0 amide bonds. The van der Waals surface area contributed by atoms with Crippen LogP contribution in [-0.2, 0) is 14.3 Å². The molecule has 1 aliphatic carbocycles. The van der Waals surface area contributed by atoms with Crippen molar-refractivity contribution in [2.45, 2.75) is 57.8 Å². The first-order valence-electron chi connectivity index (χ1n) is 7.08. The van der Waals surface area contributed by atoms with Crippen LogP contribution in [0.3, 0.4) is 0 Å². The third kappa shape index (κ3) is 2.66. The first-order chi connectivity index (χ1) is 9.15. The van der Waals surface area contributed by atoms with Crippen LogP contribution in [0.4, 0.5) is 0 Å². The van der Waals surface area contributed by atoms with Gasteiger partial charge in [-0.25, -0.2) is 4.79 Å². The average Bonchev–Trinajstić information content (AvgIpc) is 2.99. The summed E-state index contributed by atoms with van der Waals surface area (Å²) < 4.78 is 11.0. The second-order valence-corrected chi connectivity index (χ2v) is 5.68. The van der Waals surface area contributed by atoms with Crippen molar-refractivity contribution in [2.75, 3.05) is 0 Å². The van der Waals surface area contributed by atoms with Gasteiger partial charge >= 0.3 is 5.97 Å². The summed E-state index contributed by atoms with van der Waals surface area (Å²) in [6.07, 6.45) is 3.99. The Balaban J connectivity index is 1.62. The molecule has 0 spiro atoms. The van der Waals surface area contributed by atoms with Crippen LogP contribution in [0.25, 0.3) is 0 Å². The Kier molecular flexibility index (Phi) is 3.31. The minimum absolute atomic E-state index is 0.102. The Labute approximate surface area is 113 Å². The zero-order valence-electron chi connectivity index (χ0n) is 11.5. The van der Waals surface area contributed by atoms with Gasteiger partial charge < -0.3 is 9.47 Å². The first kappa shape index (κ1) is 12.7. The summed E-state index contributed by atoms with van der Waals surface area (Å²) in [6, 6.07) is 6.23. The molecule has 3 heteroatoms. The van der Waals surface area contributed by atoms with Gasteiger partial charge in [0.25, 0.3) is 0 Å². The molecule has 19 heavy (non-hydrogen) atoms. The van der Waals surface area contributed by atoms with Gasteiger partial charge in [0.1, 0.15) is 12.2 Å². The standard InChI is InChI=1S/C16H20O3/c1-10-7-8-13(11(2)9-10)14-15(19-14)16(17)18-12-5-3-4-6-12/h7-9,12,14-15H,3-6H2,1-2H3. The number of esters is 1. The minimum Gasteiger partial charge on any atom is -0.460 e. The molecule has 102 valence electrons. The fourth-order valence-corrected chi connectivity index (χ4v) is 2.91. The summed E-state index contributed by atoms with van der Waals surface area (Å²) in [5, 5.41) is 0. The Morgan fingerprint density at radius 2 is 2.00 bits per heavy atom. The quantitative estimate of drug-likeness (QED) is 0.618. The van der Waals surface area contributed by atoms with Gasteiger partial charge in [-0.05, 0) is 50.7 Å². The van der Waals surface area contributed by atoms with Crippen LogP contribution in [0, 0.1) is 13.8 Å². The Morgan fingerprint density at radius 3 is 2.68 bits per heavy atom. The van der Waals surface area contributed by atoms with Crippen molar-refractivity contribution in [2.24, 2.45) is 0 Å². The molecular weight excluding hydrogens is 240 g/mol. The van der Waals surface area contributed by atoms with Crippen molar-refractivity contribution in [1.29, 1.82) is 0 Å². The maximum atomic E-state index is 12.0. The molecule has 0 bridgehead atoms. The summed E-state index contributed by atoms with van der Waals surface area (Å²) in [7, 11) is 0. The zero-order chi connectivity index (χ0) is 13.4. The molecule has 0 radical (unpaired) electrons. The largest absolute Gasteiger partial charge is 0.460 e. The molecule has 0 aromatic heterocycles. The second-order valence-electron chi connectivity index (χ2n) is 5.68. The predicted octanol–water partition coefficient (Wildman–Crippen LogP) is 3.23. The zero-order valence-corrected chi connectivity index (χ0v) is 11.5. The van der Waals surface area contributed by atoms with E-state index in [1.165, 1.54) is 24.0 Å². The van der Waals surface area contributed by atoms with E-state index in [9.17, 15) is 4.79 Å². The lowest BCUT2D eigenvalue weighted by Gasteiger charge is -2.09. The van der Waals surface area contributed by atoms with Crippen molar-refractivity contribution in [3.63, 3.8) is 0 Å². The average molecular weight is 260 g/mol. The summed E-state index contributed by atoms with van der Waals surface area (Å²) >= 11 is 0. The third-order valence-corrected chi connectivity index (χ3v) is 4.04. The fraction of sp³-hybridized carbons (Fsp3) is 0.562. The molecule has 2 aliphatic rings. The van der Waals surface area contributed by atoms with E-state index in [0.29, 0.717) is 0 Å². The van der Waals surface area contributed by atoms with Crippen molar-refractivity contribution >= 4 is 5.97 Å². The SMILES string of the molecule is Cc1ccc(C2OC2C(=O)OC2CCCC2)c(C)c1. The second kappa shape index (κ2) is 4.97. The number of carbonyl (C=O) groups excluding carboxylic acids is 1. The van der Waals surface area contributed by atoms with E-state index in [1.807, 2.05) is 0 Å². The number of hydrogen-bond acceptors (Lipinski definition) is 3. The van der Waals surface area contributed by atoms with Gasteiger partial charge in [0.15, 0.2) is 6.10 Å². The molecule has 0 N–H and O–H groups in total. The highest BCUT2D eigenvalue weighted by molar-refractivity contribution is 5.78. The van der Waals surface area contributed by atoms with E-state index in [2.05, 4.69) is 32.0 Å². The van der Waals surface area contributed by atoms with Crippen molar-refractivity contribution < 1.29 is 14.3 Å². The minimum atomic E-state index is -0.387. The number of benzene rings is 1. The molecule has 2 fully saturated rings. The molecule has 1 aliphatic heterocycles. The Bertz CT molecular complexity index is 489. The summed E-state index contributed by atoms with van der Waals surface area (Å²) in [4.78, 5) is 12.0. The maximum Gasteiger partial charge on any atom is 0.338 e. The lowest BCUT2D eigenvalue weighted by molar-refractivity contribution is -0.150. The van der Waals surface area contributed by atoms with Crippen LogP contribution in [0.15, 0.2) is 18.2 Å². The Morgan fingerprint density at radius 1 is 1.26 bits per heavy atom. The highest BCUT2D eigenvalue weighted by Gasteiger charge is 2.48. The van der Waals surface area contributed by atoms with E-state index < -0.39 is 0 Å². The van der Waals surface area contributed by atoms with Crippen LogP contribution < -0.4 is 0 Å². The van der Waals surface area contributed by atoms with E-state index in [4.69, 9.17) is 9.47 Å². The highest BCUT2D eigenvalue weighted by Crippen LogP contribution is 2.41. The number of rotatable bonds is 3. The monoisotopic (exact) mass is 260 g/mol. The van der Waals surface area contributed by atoms with Crippen molar-refractivity contribution in [3.05, 3.63) is 34.9 Å². The lowest BCUT2D eigenvalue weighted by atomic mass is 10.0. The van der Waals surface area contributed by atoms with Crippen molar-refractivity contribution in [3.8, 4) is 0 Å². The van der Waals surface area contributed by atoms with E-state index in [0.717, 1.165) is 18.4 Å². The third-order valence-electron chi connectivity index (χ3n) is 4.04. The molecule has 1 aromatic carbocycles. The maximum absolute atomic E-state index is 12.0.